The molecule has 0 unspecified atom stereocenters. The van der Waals surface area contributed by atoms with Crippen molar-refractivity contribution in [1.82, 2.24) is 15.3 Å². The number of nitrogens with one attached hydrogen (secondary N) is 2. The highest BCUT2D eigenvalue weighted by Gasteiger charge is 2.21. The standard InChI is InChI=1S/C28H28N4O4S/c33-27(23-5-2-12-29-16-23)19-31-18-25-10-8-22-14-21(9-11-28(22)36-25)20-4-1-7-26(15-20)37(34,35)32-24-6-3-13-30-17-24/h1-7,9,11-17,25,27,31-33H,8,10,18-19H2/t25-,27+/m1/s1. The second kappa shape index (κ2) is 11.1. The molecule has 9 heteroatoms. The summed E-state index contributed by atoms with van der Waals surface area (Å²) in [6.45, 7) is 1.05. The number of anilines is 1. The van der Waals surface area contributed by atoms with E-state index in [2.05, 4.69) is 26.1 Å². The van der Waals surface area contributed by atoms with Crippen LogP contribution < -0.4 is 14.8 Å². The number of aliphatic hydroxyl groups is 1. The molecule has 190 valence electrons. The number of hydrogen-bond acceptors (Lipinski definition) is 7. The Balaban J connectivity index is 1.22. The maximum absolute atomic E-state index is 12.9. The number of pyridine rings is 2. The van der Waals surface area contributed by atoms with Crippen molar-refractivity contribution in [2.75, 3.05) is 17.8 Å². The van der Waals surface area contributed by atoms with Crippen molar-refractivity contribution in [2.24, 2.45) is 0 Å². The molecule has 0 spiro atoms. The average molecular weight is 517 g/mol. The molecule has 4 aromatic rings. The van der Waals surface area contributed by atoms with Crippen molar-refractivity contribution in [2.45, 2.75) is 29.9 Å². The number of fused-ring (bicyclic) bond motifs is 1. The molecule has 0 bridgehead atoms. The zero-order chi connectivity index (χ0) is 25.7. The number of ether oxygens (including phenoxy) is 1. The van der Waals surface area contributed by atoms with E-state index in [4.69, 9.17) is 4.74 Å². The molecule has 5 rings (SSSR count). The fourth-order valence-corrected chi connectivity index (χ4v) is 5.41. The van der Waals surface area contributed by atoms with E-state index < -0.39 is 16.1 Å². The molecule has 0 amide bonds. The Morgan fingerprint density at radius 2 is 1.78 bits per heavy atom. The van der Waals surface area contributed by atoms with E-state index >= 15 is 0 Å². The molecule has 2 atom stereocenters. The number of hydrogen-bond donors (Lipinski definition) is 3. The molecule has 0 saturated heterocycles. The van der Waals surface area contributed by atoms with Crippen LogP contribution in [-0.2, 0) is 16.4 Å². The lowest BCUT2D eigenvalue weighted by Crippen LogP contribution is -2.36. The minimum absolute atomic E-state index is 0.00599. The summed E-state index contributed by atoms with van der Waals surface area (Å²) in [5, 5.41) is 13.6. The summed E-state index contributed by atoms with van der Waals surface area (Å²) in [6, 6.07) is 19.8. The Labute approximate surface area is 216 Å². The smallest absolute Gasteiger partial charge is 0.261 e. The van der Waals surface area contributed by atoms with Gasteiger partial charge in [-0.3, -0.25) is 14.7 Å². The number of rotatable bonds is 9. The highest BCUT2D eigenvalue weighted by molar-refractivity contribution is 7.92. The molecule has 3 heterocycles. The zero-order valence-electron chi connectivity index (χ0n) is 20.1. The molecule has 2 aromatic heterocycles. The molecule has 1 aliphatic rings. The van der Waals surface area contributed by atoms with Gasteiger partial charge in [-0.25, -0.2) is 8.42 Å². The van der Waals surface area contributed by atoms with Gasteiger partial charge in [0, 0.05) is 37.2 Å². The lowest BCUT2D eigenvalue weighted by Gasteiger charge is -2.27. The van der Waals surface area contributed by atoms with E-state index in [-0.39, 0.29) is 11.0 Å². The second-order valence-electron chi connectivity index (χ2n) is 8.94. The van der Waals surface area contributed by atoms with Crippen LogP contribution in [0.5, 0.6) is 5.75 Å². The summed E-state index contributed by atoms with van der Waals surface area (Å²) in [5.74, 6) is 0.830. The van der Waals surface area contributed by atoms with E-state index in [1.165, 1.54) is 6.20 Å². The summed E-state index contributed by atoms with van der Waals surface area (Å²) in [4.78, 5) is 8.18. The summed E-state index contributed by atoms with van der Waals surface area (Å²) in [5.41, 5.74) is 4.02. The number of aliphatic hydroxyl groups excluding tert-OH is 1. The van der Waals surface area contributed by atoms with E-state index in [0.29, 0.717) is 18.8 Å². The van der Waals surface area contributed by atoms with Crippen LogP contribution in [-0.4, -0.2) is 42.7 Å². The van der Waals surface area contributed by atoms with Crippen LogP contribution in [0.2, 0.25) is 0 Å². The molecular weight excluding hydrogens is 488 g/mol. The van der Waals surface area contributed by atoms with Crippen molar-refractivity contribution < 1.29 is 18.3 Å². The number of aromatic nitrogens is 2. The maximum atomic E-state index is 12.9. The normalized spacial score (nSPS) is 15.9. The maximum Gasteiger partial charge on any atom is 0.261 e. The third-order valence-corrected chi connectivity index (χ3v) is 7.64. The van der Waals surface area contributed by atoms with Gasteiger partial charge in [0.1, 0.15) is 11.9 Å². The third-order valence-electron chi connectivity index (χ3n) is 6.26. The Kier molecular flexibility index (Phi) is 7.45. The Bertz CT molecular complexity index is 1450. The van der Waals surface area contributed by atoms with Crippen molar-refractivity contribution in [3.05, 3.63) is 103 Å². The molecule has 0 fully saturated rings. The molecular formula is C28H28N4O4S. The summed E-state index contributed by atoms with van der Waals surface area (Å²) < 4.78 is 34.5. The molecule has 0 saturated carbocycles. The van der Waals surface area contributed by atoms with Gasteiger partial charge >= 0.3 is 0 Å². The Morgan fingerprint density at radius 1 is 0.973 bits per heavy atom. The van der Waals surface area contributed by atoms with E-state index in [9.17, 15) is 13.5 Å². The van der Waals surface area contributed by atoms with Crippen molar-refractivity contribution in [3.8, 4) is 16.9 Å². The molecule has 8 nitrogen and oxygen atoms in total. The van der Waals surface area contributed by atoms with Gasteiger partial charge < -0.3 is 15.2 Å². The molecule has 0 radical (unpaired) electrons. The van der Waals surface area contributed by atoms with Crippen LogP contribution in [0.3, 0.4) is 0 Å². The number of nitrogens with zero attached hydrogens (tertiary/aromatic N) is 2. The van der Waals surface area contributed by atoms with Crippen molar-refractivity contribution >= 4 is 15.7 Å². The molecule has 3 N–H and O–H groups in total. The minimum atomic E-state index is -3.74. The number of benzene rings is 2. The van der Waals surface area contributed by atoms with Crippen LogP contribution in [0.25, 0.3) is 11.1 Å². The second-order valence-corrected chi connectivity index (χ2v) is 10.6. The first-order chi connectivity index (χ1) is 18.0. The minimum Gasteiger partial charge on any atom is -0.489 e. The molecule has 37 heavy (non-hydrogen) atoms. The lowest BCUT2D eigenvalue weighted by atomic mass is 9.97. The quantitative estimate of drug-likeness (QED) is 0.309. The van der Waals surface area contributed by atoms with Gasteiger partial charge in [-0.15, -0.1) is 0 Å². The molecule has 2 aromatic carbocycles. The zero-order valence-corrected chi connectivity index (χ0v) is 20.9. The lowest BCUT2D eigenvalue weighted by molar-refractivity contribution is 0.146. The summed E-state index contributed by atoms with van der Waals surface area (Å²) >= 11 is 0. The van der Waals surface area contributed by atoms with E-state index in [0.717, 1.165) is 40.8 Å². The molecule has 1 aliphatic heterocycles. The topological polar surface area (TPSA) is 113 Å². The fraction of sp³-hybridized carbons (Fsp3) is 0.214. The fourth-order valence-electron chi connectivity index (χ4n) is 4.32. The number of aryl methyl sites for hydroxylation is 1. The molecule has 0 aliphatic carbocycles. The average Bonchev–Trinajstić information content (AvgIpc) is 2.93. The van der Waals surface area contributed by atoms with Crippen LogP contribution in [0, 0.1) is 0 Å². The van der Waals surface area contributed by atoms with Gasteiger partial charge in [0.2, 0.25) is 0 Å². The number of sulfonamides is 1. The van der Waals surface area contributed by atoms with Gasteiger partial charge in [0.15, 0.2) is 0 Å². The predicted octanol–water partition coefficient (Wildman–Crippen LogP) is 3.96. The highest BCUT2D eigenvalue weighted by atomic mass is 32.2. The van der Waals surface area contributed by atoms with Gasteiger partial charge in [-0.1, -0.05) is 24.3 Å². The first-order valence-electron chi connectivity index (χ1n) is 12.1. The van der Waals surface area contributed by atoms with Gasteiger partial charge in [-0.2, -0.15) is 0 Å². The Morgan fingerprint density at radius 3 is 2.57 bits per heavy atom. The van der Waals surface area contributed by atoms with Gasteiger partial charge in [-0.05, 0) is 72.0 Å². The van der Waals surface area contributed by atoms with E-state index in [1.54, 1.807) is 48.9 Å². The largest absolute Gasteiger partial charge is 0.489 e. The third kappa shape index (κ3) is 6.14. The summed E-state index contributed by atoms with van der Waals surface area (Å²) in [6.07, 6.45) is 7.48. The van der Waals surface area contributed by atoms with Crippen LogP contribution >= 0.6 is 0 Å². The van der Waals surface area contributed by atoms with Crippen molar-refractivity contribution in [1.29, 1.82) is 0 Å². The monoisotopic (exact) mass is 516 g/mol. The van der Waals surface area contributed by atoms with Gasteiger partial charge in [0.25, 0.3) is 10.0 Å². The van der Waals surface area contributed by atoms with Crippen LogP contribution in [0.4, 0.5) is 5.69 Å². The van der Waals surface area contributed by atoms with Gasteiger partial charge in [0.05, 0.1) is 22.9 Å². The van der Waals surface area contributed by atoms with E-state index in [1.807, 2.05) is 30.3 Å². The van der Waals surface area contributed by atoms with Crippen molar-refractivity contribution in [3.63, 3.8) is 0 Å². The Hall–Kier alpha value is -3.79. The first-order valence-corrected chi connectivity index (χ1v) is 13.6. The SMILES string of the molecule is O=S(=O)(Nc1cccnc1)c1cccc(-c2ccc3c(c2)CC[C@H](CNC[C@H](O)c2cccnc2)O3)c1. The first kappa shape index (κ1) is 24.9. The van der Waals surface area contributed by atoms with Crippen LogP contribution in [0.1, 0.15) is 23.7 Å². The predicted molar refractivity (Wildman–Crippen MR) is 142 cm³/mol. The summed E-state index contributed by atoms with van der Waals surface area (Å²) in [7, 11) is -3.74. The van der Waals surface area contributed by atoms with Crippen LogP contribution in [0.15, 0.2) is 96.4 Å². The highest BCUT2D eigenvalue weighted by Crippen LogP contribution is 2.33.